The van der Waals surface area contributed by atoms with Crippen LogP contribution in [0.3, 0.4) is 0 Å². The van der Waals surface area contributed by atoms with Crippen molar-refractivity contribution >= 4 is 11.9 Å². The van der Waals surface area contributed by atoms with Crippen LogP contribution >= 0.6 is 0 Å². The second kappa shape index (κ2) is 7.67. The summed E-state index contributed by atoms with van der Waals surface area (Å²) in [5.74, 6) is 0.725. The predicted molar refractivity (Wildman–Crippen MR) is 98.3 cm³/mol. The average Bonchev–Trinajstić information content (AvgIpc) is 3.42. The maximum Gasteiger partial charge on any atom is 0.225 e. The quantitative estimate of drug-likeness (QED) is 0.641. The molecule has 0 saturated heterocycles. The Morgan fingerprint density at radius 1 is 1.29 bits per heavy atom. The summed E-state index contributed by atoms with van der Waals surface area (Å²) in [6.07, 6.45) is 5.05. The second-order valence-corrected chi connectivity index (χ2v) is 6.77. The summed E-state index contributed by atoms with van der Waals surface area (Å²) in [6.45, 7) is 0.414. The summed E-state index contributed by atoms with van der Waals surface area (Å²) in [5.41, 5.74) is 1.46. The first-order valence-corrected chi connectivity index (χ1v) is 8.93. The molecule has 0 radical (unpaired) electrons. The van der Waals surface area contributed by atoms with Gasteiger partial charge in [-0.3, -0.25) is 4.79 Å². The van der Waals surface area contributed by atoms with E-state index in [4.69, 9.17) is 0 Å². The largest absolute Gasteiger partial charge is 0.346 e. The number of anilines is 1. The molecular formula is C18H19FN8O. The van der Waals surface area contributed by atoms with Crippen LogP contribution in [0.25, 0.3) is 11.4 Å². The lowest BCUT2D eigenvalue weighted by molar-refractivity contribution is -0.131. The number of carbonyl (C=O) groups is 1. The number of aromatic amines is 1. The maximum atomic E-state index is 13.3. The highest BCUT2D eigenvalue weighted by Crippen LogP contribution is 2.31. The number of hydrogen-bond donors (Lipinski definition) is 2. The Kier molecular flexibility index (Phi) is 4.92. The summed E-state index contributed by atoms with van der Waals surface area (Å²) in [6, 6.07) is 5.89. The molecule has 1 aliphatic rings. The van der Waals surface area contributed by atoms with Crippen LogP contribution in [0.2, 0.25) is 0 Å². The van der Waals surface area contributed by atoms with Gasteiger partial charge in [0, 0.05) is 31.9 Å². The number of likely N-dealkylation sites (N-methyl/N-ethyl adjacent to an activating group) is 1. The van der Waals surface area contributed by atoms with Crippen LogP contribution < -0.4 is 5.32 Å². The van der Waals surface area contributed by atoms with E-state index in [2.05, 4.69) is 35.9 Å². The topological polar surface area (TPSA) is 113 Å². The van der Waals surface area contributed by atoms with Crippen molar-refractivity contribution in [3.63, 3.8) is 0 Å². The Balaban J connectivity index is 1.52. The highest BCUT2D eigenvalue weighted by Gasteiger charge is 2.33. The number of H-pyrrole nitrogens is 1. The molecule has 28 heavy (non-hydrogen) atoms. The number of amides is 1. The molecule has 1 saturated carbocycles. The highest BCUT2D eigenvalue weighted by atomic mass is 19.1. The van der Waals surface area contributed by atoms with E-state index in [1.165, 1.54) is 12.1 Å². The maximum absolute atomic E-state index is 13.3. The molecule has 1 atom stereocenters. The fourth-order valence-corrected chi connectivity index (χ4v) is 2.89. The van der Waals surface area contributed by atoms with E-state index >= 15 is 0 Å². The smallest absolute Gasteiger partial charge is 0.225 e. The predicted octanol–water partition coefficient (Wildman–Crippen LogP) is 1.82. The molecule has 2 aromatic heterocycles. The van der Waals surface area contributed by atoms with Gasteiger partial charge in [0.25, 0.3) is 0 Å². The van der Waals surface area contributed by atoms with Gasteiger partial charge in [-0.15, -0.1) is 10.2 Å². The second-order valence-electron chi connectivity index (χ2n) is 6.77. The number of rotatable bonds is 7. The van der Waals surface area contributed by atoms with E-state index in [1.54, 1.807) is 36.5 Å². The minimum absolute atomic E-state index is 0.127. The molecule has 0 aliphatic heterocycles. The number of halogens is 1. The van der Waals surface area contributed by atoms with Gasteiger partial charge in [0.1, 0.15) is 5.82 Å². The first-order valence-electron chi connectivity index (χ1n) is 8.93. The van der Waals surface area contributed by atoms with Gasteiger partial charge in [0.2, 0.25) is 17.7 Å². The third-order valence-corrected chi connectivity index (χ3v) is 4.59. The monoisotopic (exact) mass is 382 g/mol. The molecule has 0 spiro atoms. The van der Waals surface area contributed by atoms with Gasteiger partial charge in [0.15, 0.2) is 0 Å². The fourth-order valence-electron chi connectivity index (χ4n) is 2.89. The van der Waals surface area contributed by atoms with Crippen molar-refractivity contribution in [2.75, 3.05) is 18.9 Å². The molecule has 2 heterocycles. The molecule has 144 valence electrons. The summed E-state index contributed by atoms with van der Waals surface area (Å²) >= 11 is 0. The van der Waals surface area contributed by atoms with Gasteiger partial charge >= 0.3 is 0 Å². The zero-order valence-corrected chi connectivity index (χ0v) is 15.2. The van der Waals surface area contributed by atoms with Crippen LogP contribution in [0.4, 0.5) is 10.3 Å². The number of hydrogen-bond acceptors (Lipinski definition) is 7. The summed E-state index contributed by atoms with van der Waals surface area (Å²) < 4.78 is 13.3. The lowest BCUT2D eigenvalue weighted by atomic mass is 10.1. The van der Waals surface area contributed by atoms with Crippen LogP contribution in [0.1, 0.15) is 24.4 Å². The van der Waals surface area contributed by atoms with Crippen molar-refractivity contribution < 1.29 is 9.18 Å². The molecular weight excluding hydrogens is 363 g/mol. The van der Waals surface area contributed by atoms with Crippen LogP contribution in [-0.2, 0) is 4.79 Å². The van der Waals surface area contributed by atoms with Crippen LogP contribution in [0.15, 0.2) is 36.7 Å². The van der Waals surface area contributed by atoms with Crippen molar-refractivity contribution in [1.82, 2.24) is 35.5 Å². The van der Waals surface area contributed by atoms with Gasteiger partial charge in [0.05, 0.1) is 11.6 Å². The van der Waals surface area contributed by atoms with Gasteiger partial charge in [-0.25, -0.2) is 14.4 Å². The van der Waals surface area contributed by atoms with E-state index < -0.39 is 0 Å². The zero-order chi connectivity index (χ0) is 19.5. The number of tetrazole rings is 1. The third-order valence-electron chi connectivity index (χ3n) is 4.59. The number of benzene rings is 1. The zero-order valence-electron chi connectivity index (χ0n) is 15.2. The van der Waals surface area contributed by atoms with Crippen LogP contribution in [0, 0.1) is 11.7 Å². The molecule has 1 aliphatic carbocycles. The standard InChI is InChI=1S/C18H19FN8O/c1-27(17(28)12-2-3-12)10-15(11-4-6-14(19)7-5-11)22-18-20-8-13(9-21-18)16-23-25-26-24-16/h4-9,12,15H,2-3,10H2,1H3,(H,20,21,22)(H,23,24,25,26). The molecule has 9 nitrogen and oxygen atoms in total. The fraction of sp³-hybridized carbons (Fsp3) is 0.333. The SMILES string of the molecule is CN(CC(Nc1ncc(-c2nn[nH]n2)cn1)c1ccc(F)cc1)C(=O)C1CC1. The normalized spacial score (nSPS) is 14.5. The first-order chi connectivity index (χ1) is 13.6. The molecule has 1 aromatic carbocycles. The number of aromatic nitrogens is 6. The lowest BCUT2D eigenvalue weighted by Crippen LogP contribution is -2.34. The molecule has 4 rings (SSSR count). The first kappa shape index (κ1) is 18.0. The Labute approximate surface area is 160 Å². The van der Waals surface area contributed by atoms with Gasteiger partial charge in [-0.2, -0.15) is 5.21 Å². The van der Waals surface area contributed by atoms with Crippen molar-refractivity contribution in [2.45, 2.75) is 18.9 Å². The molecule has 10 heteroatoms. The number of nitrogens with zero attached hydrogens (tertiary/aromatic N) is 6. The summed E-state index contributed by atoms with van der Waals surface area (Å²) in [4.78, 5) is 22.6. The van der Waals surface area contributed by atoms with Crippen LogP contribution in [-0.4, -0.2) is 55.0 Å². The highest BCUT2D eigenvalue weighted by molar-refractivity contribution is 5.80. The summed E-state index contributed by atoms with van der Waals surface area (Å²) in [7, 11) is 1.78. The molecule has 1 unspecified atom stereocenters. The van der Waals surface area contributed by atoms with E-state index in [9.17, 15) is 9.18 Å². The number of carbonyl (C=O) groups excluding carboxylic acids is 1. The lowest BCUT2D eigenvalue weighted by Gasteiger charge is -2.25. The van der Waals surface area contributed by atoms with E-state index in [1.807, 2.05) is 0 Å². The Hall–Kier alpha value is -3.43. The molecule has 3 aromatic rings. The Bertz CT molecular complexity index is 925. The minimum Gasteiger partial charge on any atom is -0.346 e. The van der Waals surface area contributed by atoms with Crippen molar-refractivity contribution in [3.05, 3.63) is 48.0 Å². The van der Waals surface area contributed by atoms with E-state index in [-0.39, 0.29) is 23.7 Å². The number of nitrogens with one attached hydrogen (secondary N) is 2. The molecule has 1 amide bonds. The Morgan fingerprint density at radius 3 is 2.61 bits per heavy atom. The van der Waals surface area contributed by atoms with Crippen molar-refractivity contribution in [2.24, 2.45) is 5.92 Å². The Morgan fingerprint density at radius 2 is 2.00 bits per heavy atom. The van der Waals surface area contributed by atoms with Gasteiger partial charge in [-0.1, -0.05) is 12.1 Å². The van der Waals surface area contributed by atoms with Gasteiger partial charge in [-0.05, 0) is 35.8 Å². The molecule has 2 N–H and O–H groups in total. The van der Waals surface area contributed by atoms with E-state index in [0.29, 0.717) is 23.9 Å². The van der Waals surface area contributed by atoms with E-state index in [0.717, 1.165) is 18.4 Å². The minimum atomic E-state index is -0.314. The van der Waals surface area contributed by atoms with Crippen LogP contribution in [0.5, 0.6) is 0 Å². The third kappa shape index (κ3) is 4.11. The van der Waals surface area contributed by atoms with Crippen molar-refractivity contribution in [1.29, 1.82) is 0 Å². The summed E-state index contributed by atoms with van der Waals surface area (Å²) in [5, 5.41) is 16.9. The molecule has 1 fully saturated rings. The molecule has 0 bridgehead atoms. The average molecular weight is 382 g/mol. The van der Waals surface area contributed by atoms with Crippen molar-refractivity contribution in [3.8, 4) is 11.4 Å². The van der Waals surface area contributed by atoms with Gasteiger partial charge < -0.3 is 10.2 Å².